The molecule has 2 fully saturated rings. The Bertz CT molecular complexity index is 212. The van der Waals surface area contributed by atoms with E-state index in [1.54, 1.807) is 0 Å². The summed E-state index contributed by atoms with van der Waals surface area (Å²) in [5.74, 6) is 1.54. The molecule has 2 atom stereocenters. The second-order valence-corrected chi connectivity index (χ2v) is 5.29. The molecule has 0 spiro atoms. The molecule has 0 aromatic rings. The van der Waals surface area contributed by atoms with E-state index in [0.29, 0.717) is 12.1 Å². The van der Waals surface area contributed by atoms with Crippen molar-refractivity contribution in [2.24, 2.45) is 11.8 Å². The molecule has 0 aromatic heterocycles. The summed E-state index contributed by atoms with van der Waals surface area (Å²) in [6.07, 6.45) is 5.52. The van der Waals surface area contributed by atoms with Gasteiger partial charge in [0.15, 0.2) is 0 Å². The number of nitrogens with one attached hydrogen (secondary N) is 1. The number of hydrogen-bond donors (Lipinski definition) is 1. The highest BCUT2D eigenvalue weighted by atomic mass is 16.5. The highest BCUT2D eigenvalue weighted by molar-refractivity contribution is 4.94. The van der Waals surface area contributed by atoms with E-state index in [0.717, 1.165) is 38.2 Å². The van der Waals surface area contributed by atoms with Crippen molar-refractivity contribution in [3.63, 3.8) is 0 Å². The molecule has 1 saturated carbocycles. The van der Waals surface area contributed by atoms with Gasteiger partial charge in [-0.05, 0) is 51.0 Å². The normalized spacial score (nSPS) is 25.8. The summed E-state index contributed by atoms with van der Waals surface area (Å²) in [6.45, 7) is 8.04. The molecule has 17 heavy (non-hydrogen) atoms. The molecule has 0 aromatic carbocycles. The highest BCUT2D eigenvalue weighted by Gasteiger charge is 2.40. The zero-order chi connectivity index (χ0) is 12.1. The molecule has 0 amide bonds. The molecular weight excluding hydrogens is 214 g/mol. The molecular formula is C14H27NO2. The standard InChI is InChI=1S/C14H27NO2/c1-3-15-13(11-7-9-16-10-8-11)14(17-4-2)12-5-6-12/h11-15H,3-10H2,1-2H3. The molecule has 3 heteroatoms. The van der Waals surface area contributed by atoms with Crippen LogP contribution in [-0.2, 0) is 9.47 Å². The first-order chi connectivity index (χ1) is 8.36. The van der Waals surface area contributed by atoms with Gasteiger partial charge in [-0.1, -0.05) is 6.92 Å². The summed E-state index contributed by atoms with van der Waals surface area (Å²) < 4.78 is 11.5. The Morgan fingerprint density at radius 3 is 2.35 bits per heavy atom. The summed E-state index contributed by atoms with van der Waals surface area (Å²) >= 11 is 0. The maximum absolute atomic E-state index is 6.03. The van der Waals surface area contributed by atoms with E-state index < -0.39 is 0 Å². The van der Waals surface area contributed by atoms with E-state index in [4.69, 9.17) is 9.47 Å². The SMILES string of the molecule is CCNC(C1CCOCC1)C(OCC)C1CC1. The average Bonchev–Trinajstić information content (AvgIpc) is 3.19. The maximum atomic E-state index is 6.03. The summed E-state index contributed by atoms with van der Waals surface area (Å²) in [4.78, 5) is 0. The minimum absolute atomic E-state index is 0.433. The number of hydrogen-bond acceptors (Lipinski definition) is 3. The van der Waals surface area contributed by atoms with Crippen LogP contribution in [-0.4, -0.2) is 38.5 Å². The Labute approximate surface area is 105 Å². The van der Waals surface area contributed by atoms with Crippen LogP contribution in [0, 0.1) is 11.8 Å². The van der Waals surface area contributed by atoms with E-state index in [1.165, 1.54) is 25.7 Å². The fourth-order valence-electron chi connectivity index (χ4n) is 3.01. The van der Waals surface area contributed by atoms with Crippen LogP contribution in [0.4, 0.5) is 0 Å². The third kappa shape index (κ3) is 3.67. The van der Waals surface area contributed by atoms with Crippen LogP contribution in [0.5, 0.6) is 0 Å². The zero-order valence-electron chi connectivity index (χ0n) is 11.3. The molecule has 0 bridgehead atoms. The van der Waals surface area contributed by atoms with Gasteiger partial charge in [0.25, 0.3) is 0 Å². The largest absolute Gasteiger partial charge is 0.381 e. The average molecular weight is 241 g/mol. The fourth-order valence-corrected chi connectivity index (χ4v) is 3.01. The topological polar surface area (TPSA) is 30.5 Å². The van der Waals surface area contributed by atoms with Crippen molar-refractivity contribution < 1.29 is 9.47 Å². The Morgan fingerprint density at radius 2 is 1.82 bits per heavy atom. The molecule has 2 unspecified atom stereocenters. The first kappa shape index (κ1) is 13.3. The second-order valence-electron chi connectivity index (χ2n) is 5.29. The molecule has 100 valence electrons. The van der Waals surface area contributed by atoms with Gasteiger partial charge in [0.2, 0.25) is 0 Å². The highest BCUT2D eigenvalue weighted by Crippen LogP contribution is 2.38. The molecule has 3 nitrogen and oxygen atoms in total. The van der Waals surface area contributed by atoms with Crippen LogP contribution in [0.1, 0.15) is 39.5 Å². The predicted octanol–water partition coefficient (Wildman–Crippen LogP) is 2.21. The third-order valence-electron chi connectivity index (χ3n) is 4.01. The van der Waals surface area contributed by atoms with Crippen LogP contribution >= 0.6 is 0 Å². The summed E-state index contributed by atoms with van der Waals surface area (Å²) in [7, 11) is 0. The summed E-state index contributed by atoms with van der Waals surface area (Å²) in [6, 6.07) is 0.538. The second kappa shape index (κ2) is 6.72. The van der Waals surface area contributed by atoms with Crippen molar-refractivity contribution in [1.29, 1.82) is 0 Å². The van der Waals surface area contributed by atoms with Crippen LogP contribution < -0.4 is 5.32 Å². The Morgan fingerprint density at radius 1 is 1.12 bits per heavy atom. The quantitative estimate of drug-likeness (QED) is 0.741. The van der Waals surface area contributed by atoms with Gasteiger partial charge in [-0.25, -0.2) is 0 Å². The third-order valence-corrected chi connectivity index (χ3v) is 4.01. The first-order valence-corrected chi connectivity index (χ1v) is 7.29. The van der Waals surface area contributed by atoms with Crippen molar-refractivity contribution in [2.75, 3.05) is 26.4 Å². The van der Waals surface area contributed by atoms with Crippen molar-refractivity contribution in [3.05, 3.63) is 0 Å². The lowest BCUT2D eigenvalue weighted by Gasteiger charge is -2.36. The summed E-state index contributed by atoms with van der Waals surface area (Å²) in [5, 5.41) is 3.68. The first-order valence-electron chi connectivity index (χ1n) is 7.29. The minimum atomic E-state index is 0.433. The molecule has 1 N–H and O–H groups in total. The molecule has 1 heterocycles. The van der Waals surface area contributed by atoms with Crippen molar-refractivity contribution in [1.82, 2.24) is 5.32 Å². The fraction of sp³-hybridized carbons (Fsp3) is 1.00. The number of rotatable bonds is 7. The molecule has 0 radical (unpaired) electrons. The predicted molar refractivity (Wildman–Crippen MR) is 69.1 cm³/mol. The van der Waals surface area contributed by atoms with Gasteiger partial charge in [-0.15, -0.1) is 0 Å². The minimum Gasteiger partial charge on any atom is -0.381 e. The smallest absolute Gasteiger partial charge is 0.0758 e. The monoisotopic (exact) mass is 241 g/mol. The van der Waals surface area contributed by atoms with Gasteiger partial charge in [0, 0.05) is 25.9 Å². The van der Waals surface area contributed by atoms with E-state index in [2.05, 4.69) is 19.2 Å². The molecule has 2 rings (SSSR count). The maximum Gasteiger partial charge on any atom is 0.0758 e. The molecule has 1 aliphatic carbocycles. The lowest BCUT2D eigenvalue weighted by atomic mass is 9.86. The molecule has 1 saturated heterocycles. The number of ether oxygens (including phenoxy) is 2. The van der Waals surface area contributed by atoms with Crippen molar-refractivity contribution >= 4 is 0 Å². The van der Waals surface area contributed by atoms with Crippen LogP contribution in [0.25, 0.3) is 0 Å². The molecule has 1 aliphatic heterocycles. The number of likely N-dealkylation sites (N-methyl/N-ethyl adjacent to an activating group) is 1. The van der Waals surface area contributed by atoms with Gasteiger partial charge in [0.05, 0.1) is 6.10 Å². The van der Waals surface area contributed by atoms with Crippen LogP contribution in [0.15, 0.2) is 0 Å². The summed E-state index contributed by atoms with van der Waals surface area (Å²) in [5.41, 5.74) is 0. The van der Waals surface area contributed by atoms with Crippen LogP contribution in [0.3, 0.4) is 0 Å². The molecule has 2 aliphatic rings. The zero-order valence-corrected chi connectivity index (χ0v) is 11.3. The van der Waals surface area contributed by atoms with E-state index in [9.17, 15) is 0 Å². The lowest BCUT2D eigenvalue weighted by Crippen LogP contribution is -2.49. The van der Waals surface area contributed by atoms with E-state index in [-0.39, 0.29) is 0 Å². The Kier molecular flexibility index (Phi) is 5.26. The van der Waals surface area contributed by atoms with Crippen molar-refractivity contribution in [2.45, 2.75) is 51.7 Å². The Hall–Kier alpha value is -0.120. The van der Waals surface area contributed by atoms with Crippen LogP contribution in [0.2, 0.25) is 0 Å². The van der Waals surface area contributed by atoms with Gasteiger partial charge in [-0.2, -0.15) is 0 Å². The lowest BCUT2D eigenvalue weighted by molar-refractivity contribution is -0.0219. The van der Waals surface area contributed by atoms with Gasteiger partial charge in [0.1, 0.15) is 0 Å². The van der Waals surface area contributed by atoms with Crippen molar-refractivity contribution in [3.8, 4) is 0 Å². The van der Waals surface area contributed by atoms with Gasteiger partial charge < -0.3 is 14.8 Å². The van der Waals surface area contributed by atoms with Gasteiger partial charge in [-0.3, -0.25) is 0 Å². The van der Waals surface area contributed by atoms with Gasteiger partial charge >= 0.3 is 0 Å². The van der Waals surface area contributed by atoms with E-state index >= 15 is 0 Å². The Balaban J connectivity index is 1.96. The van der Waals surface area contributed by atoms with E-state index in [1.807, 2.05) is 0 Å².